The van der Waals surface area contributed by atoms with Crippen molar-refractivity contribution in [3.05, 3.63) is 83.9 Å². The van der Waals surface area contributed by atoms with Gasteiger partial charge in [0.15, 0.2) is 0 Å². The molecule has 0 unspecified atom stereocenters. The third-order valence-electron chi connectivity index (χ3n) is 4.84. The molecular formula is C23H29NO. The van der Waals surface area contributed by atoms with E-state index in [1.165, 1.54) is 5.56 Å². The van der Waals surface area contributed by atoms with E-state index >= 15 is 0 Å². The third kappa shape index (κ3) is 5.60. The molecule has 0 aliphatic carbocycles. The predicted molar refractivity (Wildman–Crippen MR) is 105 cm³/mol. The van der Waals surface area contributed by atoms with Crippen LogP contribution in [-0.2, 0) is 11.2 Å². The maximum atomic E-state index is 11.8. The topological polar surface area (TPSA) is 29.1 Å². The third-order valence-corrected chi connectivity index (χ3v) is 4.84. The highest BCUT2D eigenvalue weighted by Gasteiger charge is 2.31. The van der Waals surface area contributed by atoms with Crippen LogP contribution in [0.3, 0.4) is 0 Å². The van der Waals surface area contributed by atoms with Crippen LogP contribution in [0.5, 0.6) is 0 Å². The molecule has 2 rings (SSSR count). The summed E-state index contributed by atoms with van der Waals surface area (Å²) in [5.41, 5.74) is 2.38. The van der Waals surface area contributed by atoms with Crippen LogP contribution in [0.1, 0.15) is 50.8 Å². The van der Waals surface area contributed by atoms with E-state index in [9.17, 15) is 4.79 Å². The van der Waals surface area contributed by atoms with Gasteiger partial charge in [-0.3, -0.25) is 4.79 Å². The lowest BCUT2D eigenvalue weighted by molar-refractivity contribution is -0.120. The first kappa shape index (κ1) is 19.0. The van der Waals surface area contributed by atoms with Crippen molar-refractivity contribution in [1.29, 1.82) is 0 Å². The van der Waals surface area contributed by atoms with E-state index in [1.54, 1.807) is 6.92 Å². The molecule has 0 heterocycles. The second-order valence-corrected chi connectivity index (χ2v) is 6.83. The van der Waals surface area contributed by atoms with Gasteiger partial charge in [-0.25, -0.2) is 0 Å². The van der Waals surface area contributed by atoms with Crippen molar-refractivity contribution in [2.24, 2.45) is 5.41 Å². The molecule has 132 valence electrons. The zero-order chi connectivity index (χ0) is 18.1. The Morgan fingerprint density at radius 3 is 2.24 bits per heavy atom. The van der Waals surface area contributed by atoms with Gasteiger partial charge in [0.05, 0.1) is 6.04 Å². The van der Waals surface area contributed by atoms with Crippen molar-refractivity contribution in [2.75, 3.05) is 0 Å². The summed E-state index contributed by atoms with van der Waals surface area (Å²) in [6.07, 6.45) is 7.53. The van der Waals surface area contributed by atoms with E-state index in [1.807, 2.05) is 24.3 Å². The summed E-state index contributed by atoms with van der Waals surface area (Å²) in [7, 11) is 0. The second kappa shape index (κ2) is 9.22. The molecule has 0 aliphatic heterocycles. The number of carbonyl (C=O) groups is 1. The molecule has 0 radical (unpaired) electrons. The smallest absolute Gasteiger partial charge is 0.217 e. The number of amides is 1. The zero-order valence-corrected chi connectivity index (χ0v) is 15.5. The molecule has 2 atom stereocenters. The summed E-state index contributed by atoms with van der Waals surface area (Å²) >= 11 is 0. The minimum Gasteiger partial charge on any atom is -0.349 e. The number of carbonyl (C=O) groups excluding carboxylic acids is 1. The molecule has 0 fully saturated rings. The standard InChI is InChI=1S/C23H29NO/c1-4-23(3,18-12-11-15-20-13-7-5-8-14-20)22(24-19(2)25)21-16-9-6-10-17-21/h5-10,12-14,16-18,22H,4,11,15H2,1-3H3,(H,24,25)/b18-12+/t22-,23+/m0/s1. The van der Waals surface area contributed by atoms with Gasteiger partial charge in [-0.2, -0.15) is 0 Å². The van der Waals surface area contributed by atoms with Crippen molar-refractivity contribution >= 4 is 5.91 Å². The van der Waals surface area contributed by atoms with E-state index < -0.39 is 0 Å². The van der Waals surface area contributed by atoms with Gasteiger partial charge in [-0.1, -0.05) is 86.7 Å². The van der Waals surface area contributed by atoms with Crippen LogP contribution in [0, 0.1) is 5.41 Å². The highest BCUT2D eigenvalue weighted by Crippen LogP contribution is 2.38. The minimum absolute atomic E-state index is 0.00575. The summed E-state index contributed by atoms with van der Waals surface area (Å²) in [5, 5.41) is 3.16. The van der Waals surface area contributed by atoms with Crippen molar-refractivity contribution in [3.8, 4) is 0 Å². The summed E-state index contributed by atoms with van der Waals surface area (Å²) in [6.45, 7) is 5.99. The van der Waals surface area contributed by atoms with Gasteiger partial charge in [-0.05, 0) is 30.4 Å². The average molecular weight is 335 g/mol. The molecule has 1 amide bonds. The fourth-order valence-electron chi connectivity index (χ4n) is 3.14. The number of rotatable bonds is 8. The Labute approximate surface area is 152 Å². The lowest BCUT2D eigenvalue weighted by Crippen LogP contribution is -2.37. The normalized spacial score (nSPS) is 14.8. The highest BCUT2D eigenvalue weighted by atomic mass is 16.1. The molecule has 0 spiro atoms. The van der Waals surface area contributed by atoms with Crippen LogP contribution < -0.4 is 5.32 Å². The van der Waals surface area contributed by atoms with E-state index in [4.69, 9.17) is 0 Å². The van der Waals surface area contributed by atoms with Gasteiger partial charge < -0.3 is 5.32 Å². The monoisotopic (exact) mass is 335 g/mol. The number of aryl methyl sites for hydroxylation is 1. The molecule has 0 saturated heterocycles. The van der Waals surface area contributed by atoms with Gasteiger partial charge >= 0.3 is 0 Å². The van der Waals surface area contributed by atoms with Gasteiger partial charge in [0.2, 0.25) is 5.91 Å². The Morgan fingerprint density at radius 1 is 1.08 bits per heavy atom. The minimum atomic E-state index is -0.121. The number of hydrogen-bond donors (Lipinski definition) is 1. The lowest BCUT2D eigenvalue weighted by atomic mass is 9.76. The first-order chi connectivity index (χ1) is 12.0. The number of allylic oxidation sites excluding steroid dienone is 1. The van der Waals surface area contributed by atoms with Crippen molar-refractivity contribution in [1.82, 2.24) is 5.32 Å². The molecule has 0 aromatic heterocycles. The van der Waals surface area contributed by atoms with E-state index in [-0.39, 0.29) is 17.4 Å². The fourth-order valence-corrected chi connectivity index (χ4v) is 3.14. The van der Waals surface area contributed by atoms with E-state index in [0.29, 0.717) is 0 Å². The summed E-state index contributed by atoms with van der Waals surface area (Å²) in [4.78, 5) is 11.8. The molecule has 0 aliphatic rings. The van der Waals surface area contributed by atoms with Crippen molar-refractivity contribution in [2.45, 2.75) is 46.1 Å². The van der Waals surface area contributed by atoms with Crippen LogP contribution in [0.4, 0.5) is 0 Å². The fraction of sp³-hybridized carbons (Fsp3) is 0.348. The zero-order valence-electron chi connectivity index (χ0n) is 15.5. The summed E-state index contributed by atoms with van der Waals surface area (Å²) < 4.78 is 0. The molecule has 2 aromatic rings. The van der Waals surface area contributed by atoms with Crippen LogP contribution in [0.25, 0.3) is 0 Å². The van der Waals surface area contributed by atoms with Crippen LogP contribution in [0.15, 0.2) is 72.8 Å². The van der Waals surface area contributed by atoms with Gasteiger partial charge in [0.1, 0.15) is 0 Å². The molecule has 0 bridgehead atoms. The number of nitrogens with one attached hydrogen (secondary N) is 1. The number of hydrogen-bond acceptors (Lipinski definition) is 1. The van der Waals surface area contributed by atoms with E-state index in [0.717, 1.165) is 24.8 Å². The van der Waals surface area contributed by atoms with Crippen LogP contribution in [-0.4, -0.2) is 5.91 Å². The summed E-state index contributed by atoms with van der Waals surface area (Å²) in [5.74, 6) is 0.00575. The van der Waals surface area contributed by atoms with Crippen LogP contribution in [0.2, 0.25) is 0 Å². The van der Waals surface area contributed by atoms with Gasteiger partial charge in [0.25, 0.3) is 0 Å². The molecule has 2 heteroatoms. The Kier molecular flexibility index (Phi) is 7.00. The van der Waals surface area contributed by atoms with E-state index in [2.05, 4.69) is 67.7 Å². The Morgan fingerprint density at radius 2 is 1.68 bits per heavy atom. The Balaban J connectivity index is 2.13. The predicted octanol–water partition coefficient (Wildman–Crippen LogP) is 5.47. The van der Waals surface area contributed by atoms with Gasteiger partial charge in [-0.15, -0.1) is 0 Å². The maximum absolute atomic E-state index is 11.8. The molecule has 25 heavy (non-hydrogen) atoms. The van der Waals surface area contributed by atoms with Crippen LogP contribution >= 0.6 is 0 Å². The summed E-state index contributed by atoms with van der Waals surface area (Å²) in [6, 6.07) is 20.8. The quantitative estimate of drug-likeness (QED) is 0.637. The first-order valence-corrected chi connectivity index (χ1v) is 9.09. The lowest BCUT2D eigenvalue weighted by Gasteiger charge is -2.35. The largest absolute Gasteiger partial charge is 0.349 e. The molecule has 2 aromatic carbocycles. The Hall–Kier alpha value is -2.35. The highest BCUT2D eigenvalue weighted by molar-refractivity contribution is 5.73. The maximum Gasteiger partial charge on any atom is 0.217 e. The van der Waals surface area contributed by atoms with Crippen molar-refractivity contribution in [3.63, 3.8) is 0 Å². The first-order valence-electron chi connectivity index (χ1n) is 9.09. The molecule has 0 saturated carbocycles. The SMILES string of the molecule is CC[C@](C)(/C=C/CCc1ccccc1)[C@@H](NC(C)=O)c1ccccc1. The Bertz CT molecular complexity index is 678. The van der Waals surface area contributed by atoms with Crippen molar-refractivity contribution < 1.29 is 4.79 Å². The molecule has 1 N–H and O–H groups in total. The van der Waals surface area contributed by atoms with Gasteiger partial charge in [0, 0.05) is 12.3 Å². The number of benzene rings is 2. The molecule has 2 nitrogen and oxygen atoms in total. The molecular weight excluding hydrogens is 306 g/mol. The second-order valence-electron chi connectivity index (χ2n) is 6.83. The average Bonchev–Trinajstić information content (AvgIpc) is 2.64.